The van der Waals surface area contributed by atoms with Gasteiger partial charge < -0.3 is 10.2 Å². The highest BCUT2D eigenvalue weighted by atomic mass is 16.6. The number of amides is 1. The van der Waals surface area contributed by atoms with E-state index in [9.17, 15) is 14.9 Å². The number of nitrogens with zero attached hydrogens (tertiary/aromatic N) is 3. The zero-order chi connectivity index (χ0) is 22.2. The first-order valence-corrected chi connectivity index (χ1v) is 11.1. The first-order valence-electron chi connectivity index (χ1n) is 11.1. The summed E-state index contributed by atoms with van der Waals surface area (Å²) < 4.78 is 0. The molecule has 1 amide bonds. The first kappa shape index (κ1) is 22.7. The summed E-state index contributed by atoms with van der Waals surface area (Å²) in [6, 6.07) is 17.3. The summed E-state index contributed by atoms with van der Waals surface area (Å²) in [6.45, 7) is 7.97. The molecule has 7 heteroatoms. The standard InChI is InChI=1S/C24H32N4O3/c1-3-26(4-2)23(19-10-6-5-7-11-19)18-25-24(29)20-14-16-27(17-15-20)21-12-8-9-13-22(21)28(30)31/h5-13,20,23H,3-4,14-18H2,1-2H3,(H,25,29). The predicted molar refractivity (Wildman–Crippen MR) is 123 cm³/mol. The largest absolute Gasteiger partial charge is 0.366 e. The molecular formula is C24H32N4O3. The van der Waals surface area contributed by atoms with Crippen molar-refractivity contribution in [3.63, 3.8) is 0 Å². The maximum Gasteiger partial charge on any atom is 0.292 e. The van der Waals surface area contributed by atoms with Gasteiger partial charge in [-0.3, -0.25) is 19.8 Å². The van der Waals surface area contributed by atoms with Gasteiger partial charge >= 0.3 is 0 Å². The fourth-order valence-corrected chi connectivity index (χ4v) is 4.41. The number of piperidine rings is 1. The van der Waals surface area contributed by atoms with Gasteiger partial charge in [0.25, 0.3) is 5.69 Å². The molecule has 0 spiro atoms. The molecule has 0 saturated carbocycles. The Balaban J connectivity index is 1.59. The van der Waals surface area contributed by atoms with Crippen LogP contribution in [0.2, 0.25) is 0 Å². The van der Waals surface area contributed by atoms with Crippen LogP contribution in [0, 0.1) is 16.0 Å². The number of para-hydroxylation sites is 2. The molecule has 1 aliphatic heterocycles. The van der Waals surface area contributed by atoms with Gasteiger partial charge in [0.1, 0.15) is 5.69 Å². The van der Waals surface area contributed by atoms with E-state index in [4.69, 9.17) is 0 Å². The molecule has 1 atom stereocenters. The minimum atomic E-state index is -0.342. The Hall–Kier alpha value is -2.93. The van der Waals surface area contributed by atoms with Crippen molar-refractivity contribution in [3.8, 4) is 0 Å². The van der Waals surface area contributed by atoms with E-state index in [0.717, 1.165) is 13.1 Å². The Bertz CT molecular complexity index is 862. The number of hydrogen-bond donors (Lipinski definition) is 1. The Kier molecular flexibility index (Phi) is 8.00. The van der Waals surface area contributed by atoms with Crippen molar-refractivity contribution in [2.75, 3.05) is 37.6 Å². The van der Waals surface area contributed by atoms with Gasteiger partial charge in [0.05, 0.1) is 11.0 Å². The van der Waals surface area contributed by atoms with E-state index in [1.807, 2.05) is 29.2 Å². The summed E-state index contributed by atoms with van der Waals surface area (Å²) in [6.07, 6.45) is 1.39. The summed E-state index contributed by atoms with van der Waals surface area (Å²) in [5.74, 6) is 0.0162. The Labute approximate surface area is 184 Å². The molecule has 166 valence electrons. The van der Waals surface area contributed by atoms with Crippen molar-refractivity contribution < 1.29 is 9.72 Å². The third-order valence-electron chi connectivity index (χ3n) is 6.19. The molecule has 2 aromatic carbocycles. The van der Waals surface area contributed by atoms with E-state index >= 15 is 0 Å². The lowest BCUT2D eigenvalue weighted by atomic mass is 9.95. The second kappa shape index (κ2) is 10.9. The Morgan fingerprint density at radius 3 is 2.32 bits per heavy atom. The zero-order valence-corrected chi connectivity index (χ0v) is 18.4. The molecule has 0 radical (unpaired) electrons. The molecule has 1 heterocycles. The van der Waals surface area contributed by atoms with Crippen LogP contribution in [0.3, 0.4) is 0 Å². The molecule has 0 aromatic heterocycles. The highest BCUT2D eigenvalue weighted by Gasteiger charge is 2.29. The molecule has 1 saturated heterocycles. The number of anilines is 1. The summed E-state index contributed by atoms with van der Waals surface area (Å²) in [5, 5.41) is 14.5. The smallest absolute Gasteiger partial charge is 0.292 e. The quantitative estimate of drug-likeness (QED) is 0.486. The van der Waals surface area contributed by atoms with Crippen molar-refractivity contribution in [2.24, 2.45) is 5.92 Å². The van der Waals surface area contributed by atoms with Gasteiger partial charge in [-0.25, -0.2) is 0 Å². The van der Waals surface area contributed by atoms with Crippen LogP contribution in [-0.2, 0) is 4.79 Å². The molecule has 1 N–H and O–H groups in total. The number of carbonyl (C=O) groups is 1. The summed E-state index contributed by atoms with van der Waals surface area (Å²) in [4.78, 5) is 28.2. The van der Waals surface area contributed by atoms with Gasteiger partial charge in [0.15, 0.2) is 0 Å². The van der Waals surface area contributed by atoms with Crippen LogP contribution < -0.4 is 10.2 Å². The van der Waals surface area contributed by atoms with Gasteiger partial charge in [-0.15, -0.1) is 0 Å². The van der Waals surface area contributed by atoms with Gasteiger partial charge in [-0.1, -0.05) is 56.3 Å². The van der Waals surface area contributed by atoms with Gasteiger partial charge in [0, 0.05) is 31.6 Å². The molecule has 31 heavy (non-hydrogen) atoms. The van der Waals surface area contributed by atoms with Crippen molar-refractivity contribution in [3.05, 3.63) is 70.3 Å². The number of nitrogens with one attached hydrogen (secondary N) is 1. The lowest BCUT2D eigenvalue weighted by molar-refractivity contribution is -0.384. The van der Waals surface area contributed by atoms with Crippen LogP contribution in [0.15, 0.2) is 54.6 Å². The van der Waals surface area contributed by atoms with Crippen molar-refractivity contribution >= 4 is 17.3 Å². The molecule has 0 aliphatic carbocycles. The van der Waals surface area contributed by atoms with Crippen LogP contribution in [0.4, 0.5) is 11.4 Å². The second-order valence-corrected chi connectivity index (χ2v) is 7.90. The average Bonchev–Trinajstić information content (AvgIpc) is 2.82. The topological polar surface area (TPSA) is 78.7 Å². The van der Waals surface area contributed by atoms with E-state index in [1.54, 1.807) is 12.1 Å². The molecule has 1 aliphatic rings. The van der Waals surface area contributed by atoms with Crippen LogP contribution in [-0.4, -0.2) is 48.5 Å². The summed E-state index contributed by atoms with van der Waals surface area (Å²) >= 11 is 0. The molecule has 1 unspecified atom stereocenters. The summed E-state index contributed by atoms with van der Waals surface area (Å²) in [7, 11) is 0. The minimum absolute atomic E-state index is 0.0628. The number of nitro benzene ring substituents is 1. The number of rotatable bonds is 9. The fourth-order valence-electron chi connectivity index (χ4n) is 4.41. The van der Waals surface area contributed by atoms with Crippen LogP contribution in [0.5, 0.6) is 0 Å². The maximum absolute atomic E-state index is 12.9. The Morgan fingerprint density at radius 1 is 1.10 bits per heavy atom. The number of likely N-dealkylation sites (N-methyl/N-ethyl adjacent to an activating group) is 1. The third kappa shape index (κ3) is 5.61. The van der Waals surface area contributed by atoms with Gasteiger partial charge in [-0.2, -0.15) is 0 Å². The zero-order valence-electron chi connectivity index (χ0n) is 18.4. The van der Waals surface area contributed by atoms with E-state index in [-0.39, 0.29) is 28.5 Å². The van der Waals surface area contributed by atoms with Crippen LogP contribution >= 0.6 is 0 Å². The van der Waals surface area contributed by atoms with Crippen LogP contribution in [0.25, 0.3) is 0 Å². The maximum atomic E-state index is 12.9. The molecule has 3 rings (SSSR count). The van der Waals surface area contributed by atoms with E-state index in [2.05, 4.69) is 36.2 Å². The fraction of sp³-hybridized carbons (Fsp3) is 0.458. The monoisotopic (exact) mass is 424 g/mol. The number of nitro groups is 1. The van der Waals surface area contributed by atoms with Crippen LogP contribution in [0.1, 0.15) is 38.3 Å². The van der Waals surface area contributed by atoms with E-state index in [0.29, 0.717) is 38.2 Å². The average molecular weight is 425 g/mol. The predicted octanol–water partition coefficient (Wildman–Crippen LogP) is 4.01. The Morgan fingerprint density at radius 2 is 1.71 bits per heavy atom. The van der Waals surface area contributed by atoms with Crippen molar-refractivity contribution in [1.29, 1.82) is 0 Å². The third-order valence-corrected chi connectivity index (χ3v) is 6.19. The second-order valence-electron chi connectivity index (χ2n) is 7.90. The molecule has 0 bridgehead atoms. The van der Waals surface area contributed by atoms with Gasteiger partial charge in [-0.05, 0) is 37.6 Å². The first-order chi connectivity index (χ1) is 15.0. The van der Waals surface area contributed by atoms with Crippen molar-refractivity contribution in [1.82, 2.24) is 10.2 Å². The number of hydrogen-bond acceptors (Lipinski definition) is 5. The molecular weight excluding hydrogens is 392 g/mol. The lowest BCUT2D eigenvalue weighted by Crippen LogP contribution is -2.43. The number of carbonyl (C=O) groups excluding carboxylic acids is 1. The molecule has 2 aromatic rings. The van der Waals surface area contributed by atoms with Gasteiger partial charge in [0.2, 0.25) is 5.91 Å². The lowest BCUT2D eigenvalue weighted by Gasteiger charge is -2.34. The molecule has 7 nitrogen and oxygen atoms in total. The highest BCUT2D eigenvalue weighted by Crippen LogP contribution is 2.31. The molecule has 1 fully saturated rings. The van der Waals surface area contributed by atoms with E-state index in [1.165, 1.54) is 11.6 Å². The SMILES string of the molecule is CCN(CC)C(CNC(=O)C1CCN(c2ccccc2[N+](=O)[O-])CC1)c1ccccc1. The minimum Gasteiger partial charge on any atom is -0.366 e. The highest BCUT2D eigenvalue weighted by molar-refractivity contribution is 5.79. The van der Waals surface area contributed by atoms with E-state index < -0.39 is 0 Å². The normalized spacial score (nSPS) is 15.6. The van der Waals surface area contributed by atoms with Crippen molar-refractivity contribution in [2.45, 2.75) is 32.7 Å². The summed E-state index contributed by atoms with van der Waals surface area (Å²) in [5.41, 5.74) is 1.96. The number of benzene rings is 2.